The fourth-order valence-corrected chi connectivity index (χ4v) is 1.56. The Balaban J connectivity index is 2.86. The molecule has 0 unspecified atom stereocenters. The molecule has 16 heavy (non-hydrogen) atoms. The molecule has 0 amide bonds. The Hall–Kier alpha value is -2.43. The van der Waals surface area contributed by atoms with Crippen molar-refractivity contribution in [2.24, 2.45) is 0 Å². The minimum atomic E-state index is -1.17. The van der Waals surface area contributed by atoms with E-state index < -0.39 is 11.9 Å². The summed E-state index contributed by atoms with van der Waals surface area (Å²) in [5, 5.41) is 18.6. The van der Waals surface area contributed by atoms with Gasteiger partial charge in [-0.3, -0.25) is 0 Å². The van der Waals surface area contributed by atoms with E-state index in [1.54, 1.807) is 0 Å². The van der Waals surface area contributed by atoms with Crippen LogP contribution < -0.4 is 0 Å². The normalized spacial score (nSPS) is 10.2. The lowest BCUT2D eigenvalue weighted by molar-refractivity contribution is 0.0683. The van der Waals surface area contributed by atoms with E-state index in [4.69, 9.17) is 10.2 Å². The van der Waals surface area contributed by atoms with E-state index in [9.17, 15) is 9.59 Å². The number of pyridine rings is 1. The summed E-state index contributed by atoms with van der Waals surface area (Å²) >= 11 is 0. The third kappa shape index (κ3) is 1.48. The number of aromatic carboxylic acids is 2. The number of carboxylic acid groups (broad SMARTS) is 2. The number of hydrogen-bond acceptors (Lipinski definition) is 3. The van der Waals surface area contributed by atoms with Gasteiger partial charge in [0.05, 0.1) is 5.56 Å². The molecule has 0 aliphatic carbocycles. The Kier molecular flexibility index (Phi) is 2.28. The van der Waals surface area contributed by atoms with E-state index in [1.165, 1.54) is 30.5 Å². The summed E-state index contributed by atoms with van der Waals surface area (Å²) in [4.78, 5) is 25.5. The van der Waals surface area contributed by atoms with Gasteiger partial charge in [-0.2, -0.15) is 0 Å². The zero-order chi connectivity index (χ0) is 11.7. The van der Waals surface area contributed by atoms with E-state index in [0.29, 0.717) is 10.8 Å². The highest BCUT2D eigenvalue weighted by atomic mass is 16.4. The zero-order valence-electron chi connectivity index (χ0n) is 8.04. The van der Waals surface area contributed by atoms with Crippen molar-refractivity contribution in [3.63, 3.8) is 0 Å². The molecule has 0 spiro atoms. The highest BCUT2D eigenvalue weighted by Crippen LogP contribution is 2.20. The van der Waals surface area contributed by atoms with Gasteiger partial charge in [0.2, 0.25) is 0 Å². The molecule has 2 N–H and O–H groups in total. The number of nitrogens with zero attached hydrogens (tertiary/aromatic N) is 1. The van der Waals surface area contributed by atoms with Crippen LogP contribution in [-0.4, -0.2) is 27.1 Å². The van der Waals surface area contributed by atoms with Crippen molar-refractivity contribution in [3.05, 3.63) is 41.7 Å². The highest BCUT2D eigenvalue weighted by Gasteiger charge is 2.14. The molecule has 0 aliphatic rings. The smallest absolute Gasteiger partial charge is 0.355 e. The average molecular weight is 217 g/mol. The third-order valence-corrected chi connectivity index (χ3v) is 2.24. The van der Waals surface area contributed by atoms with Crippen molar-refractivity contribution in [3.8, 4) is 0 Å². The number of hydrogen-bond donors (Lipinski definition) is 2. The first-order chi connectivity index (χ1) is 7.61. The maximum Gasteiger partial charge on any atom is 0.355 e. The first-order valence-corrected chi connectivity index (χ1v) is 4.45. The van der Waals surface area contributed by atoms with Crippen LogP contribution in [0.4, 0.5) is 0 Å². The molecule has 5 nitrogen and oxygen atoms in total. The van der Waals surface area contributed by atoms with E-state index in [-0.39, 0.29) is 11.3 Å². The summed E-state index contributed by atoms with van der Waals surface area (Å²) in [6.45, 7) is 0. The molecule has 1 aromatic heterocycles. The summed E-state index contributed by atoms with van der Waals surface area (Å²) in [7, 11) is 0. The third-order valence-electron chi connectivity index (χ3n) is 2.24. The quantitative estimate of drug-likeness (QED) is 0.798. The molecule has 0 aliphatic heterocycles. The van der Waals surface area contributed by atoms with Crippen LogP contribution in [0, 0.1) is 0 Å². The number of benzene rings is 1. The van der Waals surface area contributed by atoms with Gasteiger partial charge < -0.3 is 10.2 Å². The summed E-state index contributed by atoms with van der Waals surface area (Å²) < 4.78 is 0. The Morgan fingerprint density at radius 2 is 1.75 bits per heavy atom. The van der Waals surface area contributed by atoms with Crippen LogP contribution in [0.5, 0.6) is 0 Å². The first kappa shape index (κ1) is 10.1. The van der Waals surface area contributed by atoms with Gasteiger partial charge in [-0.05, 0) is 12.1 Å². The highest BCUT2D eigenvalue weighted by molar-refractivity contribution is 6.09. The minimum absolute atomic E-state index is 0.0717. The molecule has 0 radical (unpaired) electrons. The predicted octanol–water partition coefficient (Wildman–Crippen LogP) is 1.63. The topological polar surface area (TPSA) is 87.5 Å². The lowest BCUT2D eigenvalue weighted by atomic mass is 10.0. The van der Waals surface area contributed by atoms with Crippen molar-refractivity contribution < 1.29 is 19.8 Å². The van der Waals surface area contributed by atoms with Gasteiger partial charge in [-0.15, -0.1) is 0 Å². The Morgan fingerprint density at radius 3 is 2.38 bits per heavy atom. The van der Waals surface area contributed by atoms with Crippen LogP contribution in [-0.2, 0) is 0 Å². The molecule has 1 heterocycles. The molecule has 80 valence electrons. The molecule has 0 saturated carbocycles. The fourth-order valence-electron chi connectivity index (χ4n) is 1.56. The van der Waals surface area contributed by atoms with Crippen LogP contribution in [0.3, 0.4) is 0 Å². The molecule has 5 heteroatoms. The molecule has 0 atom stereocenters. The molecule has 2 aromatic rings. The van der Waals surface area contributed by atoms with E-state index >= 15 is 0 Å². The maximum absolute atomic E-state index is 10.9. The lowest BCUT2D eigenvalue weighted by Crippen LogP contribution is -2.03. The lowest BCUT2D eigenvalue weighted by Gasteiger charge is -2.03. The molecule has 0 fully saturated rings. The Bertz CT molecular complexity index is 538. The molecular formula is C11H7NO4. The standard InChI is InChI=1S/C11H7NO4/c13-10(14)8-3-1-2-7-6(8)4-5-12-9(7)11(15)16/h1-5H,(H,13,14)(H,15,16). The summed E-state index contributed by atoms with van der Waals surface area (Å²) in [6, 6.07) is 5.96. The van der Waals surface area contributed by atoms with Crippen molar-refractivity contribution in [1.82, 2.24) is 4.98 Å². The molecule has 2 rings (SSSR count). The van der Waals surface area contributed by atoms with Gasteiger partial charge in [0.25, 0.3) is 0 Å². The monoisotopic (exact) mass is 217 g/mol. The maximum atomic E-state index is 10.9. The number of rotatable bonds is 2. The number of fused-ring (bicyclic) bond motifs is 1. The second-order valence-corrected chi connectivity index (χ2v) is 3.17. The van der Waals surface area contributed by atoms with E-state index in [2.05, 4.69) is 4.98 Å². The zero-order valence-corrected chi connectivity index (χ0v) is 8.04. The van der Waals surface area contributed by atoms with E-state index in [0.717, 1.165) is 0 Å². The summed E-state index contributed by atoms with van der Waals surface area (Å²) in [5.74, 6) is -2.26. The molecule has 0 saturated heterocycles. The van der Waals surface area contributed by atoms with Crippen molar-refractivity contribution >= 4 is 22.7 Å². The molecule has 1 aromatic carbocycles. The molecule has 0 bridgehead atoms. The van der Waals surface area contributed by atoms with Gasteiger partial charge in [0.1, 0.15) is 0 Å². The number of carboxylic acids is 2. The van der Waals surface area contributed by atoms with Crippen molar-refractivity contribution in [2.75, 3.05) is 0 Å². The van der Waals surface area contributed by atoms with Crippen LogP contribution >= 0.6 is 0 Å². The van der Waals surface area contributed by atoms with E-state index in [1.807, 2.05) is 0 Å². The van der Waals surface area contributed by atoms with Gasteiger partial charge >= 0.3 is 11.9 Å². The van der Waals surface area contributed by atoms with Crippen molar-refractivity contribution in [2.45, 2.75) is 0 Å². The molecular weight excluding hydrogens is 210 g/mol. The van der Waals surface area contributed by atoms with Crippen LogP contribution in [0.2, 0.25) is 0 Å². The van der Waals surface area contributed by atoms with Crippen LogP contribution in [0.25, 0.3) is 10.8 Å². The second-order valence-electron chi connectivity index (χ2n) is 3.17. The van der Waals surface area contributed by atoms with Gasteiger partial charge in [-0.1, -0.05) is 12.1 Å². The van der Waals surface area contributed by atoms with Gasteiger partial charge in [-0.25, -0.2) is 14.6 Å². The van der Waals surface area contributed by atoms with Gasteiger partial charge in [0, 0.05) is 17.0 Å². The number of carbonyl (C=O) groups is 2. The van der Waals surface area contributed by atoms with Crippen LogP contribution in [0.15, 0.2) is 30.5 Å². The predicted molar refractivity (Wildman–Crippen MR) is 55.7 cm³/mol. The fraction of sp³-hybridized carbons (Fsp3) is 0. The number of aromatic nitrogens is 1. The Labute approximate surface area is 90.0 Å². The summed E-state index contributed by atoms with van der Waals surface area (Å²) in [6.07, 6.45) is 1.29. The first-order valence-electron chi connectivity index (χ1n) is 4.45. The SMILES string of the molecule is O=C(O)c1cccc2c(C(=O)O)nccc12. The van der Waals surface area contributed by atoms with Crippen LogP contribution in [0.1, 0.15) is 20.8 Å². The average Bonchev–Trinajstić information content (AvgIpc) is 2.27. The Morgan fingerprint density at radius 1 is 1.00 bits per heavy atom. The van der Waals surface area contributed by atoms with Gasteiger partial charge in [0.15, 0.2) is 5.69 Å². The van der Waals surface area contributed by atoms with Crippen molar-refractivity contribution in [1.29, 1.82) is 0 Å². The largest absolute Gasteiger partial charge is 0.478 e. The minimum Gasteiger partial charge on any atom is -0.478 e. The second kappa shape index (κ2) is 3.62. The summed E-state index contributed by atoms with van der Waals surface area (Å²) in [5.41, 5.74) is -0.0667.